The second kappa shape index (κ2) is 4.84. The fraction of sp³-hybridized carbons (Fsp3) is 0.750. The first-order valence-corrected chi connectivity index (χ1v) is 6.89. The number of nitrogens with zero attached hydrogens (tertiary/aromatic N) is 2. The van der Waals surface area contributed by atoms with Crippen LogP contribution in [-0.4, -0.2) is 71.2 Å². The maximum Gasteiger partial charge on any atom is 0.326 e. The maximum atomic E-state index is 12.1. The summed E-state index contributed by atoms with van der Waals surface area (Å²) in [6, 6.07) is -1.23. The molecule has 8 nitrogen and oxygen atoms in total. The molecule has 110 valence electrons. The van der Waals surface area contributed by atoms with E-state index in [1.807, 2.05) is 0 Å². The van der Waals surface area contributed by atoms with Crippen LogP contribution in [0.25, 0.3) is 0 Å². The van der Waals surface area contributed by atoms with Crippen molar-refractivity contribution in [3.63, 3.8) is 0 Å². The van der Waals surface area contributed by atoms with E-state index < -0.39 is 12.0 Å². The van der Waals surface area contributed by atoms with Gasteiger partial charge in [-0.1, -0.05) is 0 Å². The van der Waals surface area contributed by atoms with Gasteiger partial charge in [0.15, 0.2) is 0 Å². The summed E-state index contributed by atoms with van der Waals surface area (Å²) in [7, 11) is 0. The van der Waals surface area contributed by atoms with Gasteiger partial charge in [0, 0.05) is 26.2 Å². The summed E-state index contributed by atoms with van der Waals surface area (Å²) in [5.41, 5.74) is 0. The van der Waals surface area contributed by atoms with Crippen LogP contribution in [0.15, 0.2) is 0 Å². The number of piperazine rings is 1. The van der Waals surface area contributed by atoms with Crippen LogP contribution >= 0.6 is 0 Å². The Morgan fingerprint density at radius 1 is 1.35 bits per heavy atom. The predicted octanol–water partition coefficient (Wildman–Crippen LogP) is -0.731. The summed E-state index contributed by atoms with van der Waals surface area (Å²) in [6.07, 6.45) is 1.71. The summed E-state index contributed by atoms with van der Waals surface area (Å²) in [6.45, 7) is 1.91. The van der Waals surface area contributed by atoms with Crippen LogP contribution in [-0.2, 0) is 4.79 Å². The highest BCUT2D eigenvalue weighted by Gasteiger charge is 2.40. The van der Waals surface area contributed by atoms with Gasteiger partial charge >= 0.3 is 18.0 Å². The molecule has 3 aliphatic rings. The molecule has 3 fully saturated rings. The number of fused-ring (bicyclic) bond motifs is 1. The number of nitrogens with one attached hydrogen (secondary N) is 2. The van der Waals surface area contributed by atoms with Crippen molar-refractivity contribution in [2.75, 3.05) is 26.2 Å². The molecule has 0 radical (unpaired) electrons. The lowest BCUT2D eigenvalue weighted by Crippen LogP contribution is -2.58. The van der Waals surface area contributed by atoms with E-state index >= 15 is 0 Å². The highest BCUT2D eigenvalue weighted by molar-refractivity contribution is 5.83. The standard InChI is InChI=1S/C12H18N4O4/c17-10(18)9(7-1-2-7)14-12(20)15-3-4-16-8(6-15)5-13-11(16)19/h7-9H,1-6H2,(H,13,19)(H,14,20)(H,17,18). The number of carboxylic acids is 1. The lowest BCUT2D eigenvalue weighted by atomic mass is 10.2. The number of urea groups is 2. The maximum absolute atomic E-state index is 12.1. The third kappa shape index (κ3) is 2.37. The smallest absolute Gasteiger partial charge is 0.326 e. The Morgan fingerprint density at radius 3 is 2.75 bits per heavy atom. The molecule has 2 unspecified atom stereocenters. The molecule has 2 heterocycles. The summed E-state index contributed by atoms with van der Waals surface area (Å²) in [5, 5.41) is 14.5. The minimum absolute atomic E-state index is 0.00815. The van der Waals surface area contributed by atoms with E-state index in [1.165, 1.54) is 0 Å². The van der Waals surface area contributed by atoms with Gasteiger partial charge in [-0.2, -0.15) is 0 Å². The first-order valence-electron chi connectivity index (χ1n) is 6.89. The Morgan fingerprint density at radius 2 is 2.10 bits per heavy atom. The van der Waals surface area contributed by atoms with Gasteiger partial charge < -0.3 is 25.5 Å². The van der Waals surface area contributed by atoms with Crippen LogP contribution in [0.3, 0.4) is 0 Å². The Labute approximate surface area is 116 Å². The molecule has 20 heavy (non-hydrogen) atoms. The fourth-order valence-electron chi connectivity index (χ4n) is 2.82. The molecular formula is C12H18N4O4. The lowest BCUT2D eigenvalue weighted by molar-refractivity contribution is -0.139. The van der Waals surface area contributed by atoms with Gasteiger partial charge in [-0.3, -0.25) is 0 Å². The van der Waals surface area contributed by atoms with Crippen molar-refractivity contribution in [2.24, 2.45) is 5.92 Å². The van der Waals surface area contributed by atoms with Gasteiger partial charge in [0.05, 0.1) is 6.04 Å². The zero-order chi connectivity index (χ0) is 14.3. The van der Waals surface area contributed by atoms with Gasteiger partial charge in [-0.25, -0.2) is 14.4 Å². The van der Waals surface area contributed by atoms with Crippen molar-refractivity contribution in [1.29, 1.82) is 0 Å². The summed E-state index contributed by atoms with van der Waals surface area (Å²) >= 11 is 0. The molecule has 0 spiro atoms. The number of carbonyl (C=O) groups excluding carboxylic acids is 2. The molecule has 2 aliphatic heterocycles. The molecule has 2 atom stereocenters. The van der Waals surface area contributed by atoms with Gasteiger partial charge in [0.2, 0.25) is 0 Å². The molecule has 1 aliphatic carbocycles. The van der Waals surface area contributed by atoms with E-state index in [-0.39, 0.29) is 24.0 Å². The molecular weight excluding hydrogens is 264 g/mol. The Kier molecular flexibility index (Phi) is 3.15. The summed E-state index contributed by atoms with van der Waals surface area (Å²) in [5.74, 6) is -0.912. The Hall–Kier alpha value is -1.99. The second-order valence-electron chi connectivity index (χ2n) is 5.58. The van der Waals surface area contributed by atoms with Crippen molar-refractivity contribution in [1.82, 2.24) is 20.4 Å². The highest BCUT2D eigenvalue weighted by Crippen LogP contribution is 2.32. The summed E-state index contributed by atoms with van der Waals surface area (Å²) in [4.78, 5) is 38.1. The van der Waals surface area contributed by atoms with Crippen molar-refractivity contribution in [3.8, 4) is 0 Å². The number of amides is 4. The minimum Gasteiger partial charge on any atom is -0.480 e. The molecule has 4 amide bonds. The van der Waals surface area contributed by atoms with Crippen molar-refractivity contribution in [3.05, 3.63) is 0 Å². The third-order valence-electron chi connectivity index (χ3n) is 4.16. The molecule has 2 saturated heterocycles. The third-order valence-corrected chi connectivity index (χ3v) is 4.16. The predicted molar refractivity (Wildman–Crippen MR) is 68.1 cm³/mol. The van der Waals surface area contributed by atoms with Gasteiger partial charge in [0.25, 0.3) is 0 Å². The topological polar surface area (TPSA) is 102 Å². The van der Waals surface area contributed by atoms with Gasteiger partial charge in [-0.05, 0) is 18.8 Å². The van der Waals surface area contributed by atoms with Crippen LogP contribution < -0.4 is 10.6 Å². The average Bonchev–Trinajstić information content (AvgIpc) is 3.19. The normalized spacial score (nSPS) is 26.8. The molecule has 3 rings (SSSR count). The summed E-state index contributed by atoms with van der Waals surface area (Å²) < 4.78 is 0. The Bertz CT molecular complexity index is 451. The van der Waals surface area contributed by atoms with Crippen molar-refractivity contribution < 1.29 is 19.5 Å². The van der Waals surface area contributed by atoms with Crippen LogP contribution in [0.5, 0.6) is 0 Å². The molecule has 0 bridgehead atoms. The molecule has 0 aromatic rings. The molecule has 0 aromatic heterocycles. The second-order valence-corrected chi connectivity index (χ2v) is 5.58. The quantitative estimate of drug-likeness (QED) is 0.635. The number of hydrogen-bond donors (Lipinski definition) is 3. The SMILES string of the molecule is O=C(O)C(NC(=O)N1CCN2C(=O)NCC2C1)C1CC1. The van der Waals surface area contributed by atoms with E-state index in [1.54, 1.807) is 9.80 Å². The zero-order valence-corrected chi connectivity index (χ0v) is 11.0. The molecule has 8 heteroatoms. The monoisotopic (exact) mass is 282 g/mol. The van der Waals surface area contributed by atoms with E-state index in [4.69, 9.17) is 5.11 Å². The van der Waals surface area contributed by atoms with E-state index in [9.17, 15) is 14.4 Å². The number of carbonyl (C=O) groups is 3. The number of carboxylic acid groups (broad SMARTS) is 1. The van der Waals surface area contributed by atoms with Crippen LogP contribution in [0.4, 0.5) is 9.59 Å². The largest absolute Gasteiger partial charge is 0.480 e. The highest BCUT2D eigenvalue weighted by atomic mass is 16.4. The zero-order valence-electron chi connectivity index (χ0n) is 11.0. The van der Waals surface area contributed by atoms with E-state index in [0.29, 0.717) is 26.2 Å². The van der Waals surface area contributed by atoms with Crippen molar-refractivity contribution in [2.45, 2.75) is 24.9 Å². The number of aliphatic carboxylic acids is 1. The van der Waals surface area contributed by atoms with Crippen LogP contribution in [0, 0.1) is 5.92 Å². The van der Waals surface area contributed by atoms with E-state index in [2.05, 4.69) is 10.6 Å². The Balaban J connectivity index is 1.58. The minimum atomic E-state index is -0.975. The average molecular weight is 282 g/mol. The first kappa shape index (κ1) is 13.0. The van der Waals surface area contributed by atoms with Gasteiger partial charge in [-0.15, -0.1) is 0 Å². The van der Waals surface area contributed by atoms with Crippen LogP contribution in [0.2, 0.25) is 0 Å². The van der Waals surface area contributed by atoms with E-state index in [0.717, 1.165) is 12.8 Å². The molecule has 3 N–H and O–H groups in total. The first-order chi connectivity index (χ1) is 9.56. The number of hydrogen-bond acceptors (Lipinski definition) is 3. The molecule has 1 saturated carbocycles. The lowest BCUT2D eigenvalue weighted by Gasteiger charge is -2.36. The fourth-order valence-corrected chi connectivity index (χ4v) is 2.82. The van der Waals surface area contributed by atoms with Crippen LogP contribution in [0.1, 0.15) is 12.8 Å². The van der Waals surface area contributed by atoms with Crippen molar-refractivity contribution >= 4 is 18.0 Å². The number of rotatable bonds is 3. The molecule has 0 aromatic carbocycles. The van der Waals surface area contributed by atoms with Gasteiger partial charge in [0.1, 0.15) is 6.04 Å².